The topological polar surface area (TPSA) is 215 Å². The summed E-state index contributed by atoms with van der Waals surface area (Å²) in [5.74, 6) is 1.40. The molecule has 0 unspecified atom stereocenters. The molecule has 8 atom stereocenters. The van der Waals surface area contributed by atoms with Crippen LogP contribution in [-0.4, -0.2) is 98.8 Å². The molecule has 10 rings (SSSR count). The van der Waals surface area contributed by atoms with Crippen LogP contribution in [0, 0.1) is 23.7 Å². The largest absolute Gasteiger partial charge is 0.491 e. The number of methoxy groups -OCH3 is 1. The molecule has 7 aromatic rings. The number of cyclic esters (lactones) is 1. The Kier molecular flexibility index (Phi) is 14.5. The summed E-state index contributed by atoms with van der Waals surface area (Å²) in [6.07, 6.45) is -2.20. The fraction of sp³-hybridized carbons (Fsp3) is 0.271. The van der Waals surface area contributed by atoms with Gasteiger partial charge in [0.25, 0.3) is 0 Å². The first-order chi connectivity index (χ1) is 37.0. The van der Waals surface area contributed by atoms with Gasteiger partial charge in [-0.15, -0.1) is 5.10 Å². The highest BCUT2D eigenvalue weighted by molar-refractivity contribution is 6.25. The zero-order chi connectivity index (χ0) is 53.1. The molecule has 3 aliphatic heterocycles. The summed E-state index contributed by atoms with van der Waals surface area (Å²) in [6.45, 7) is 2.99. The number of hydrogen-bond donors (Lipinski definition) is 4. The third-order valence-corrected chi connectivity index (χ3v) is 14.4. The normalized spacial score (nSPS) is 21.5. The third-order valence-electron chi connectivity index (χ3n) is 14.4. The number of benzene rings is 6. The molecule has 0 aliphatic carbocycles. The van der Waals surface area contributed by atoms with E-state index in [1.807, 2.05) is 89.8 Å². The number of carbonyl (C=O) groups excluding carboxylic acids is 5. The summed E-state index contributed by atoms with van der Waals surface area (Å²) >= 11 is 0. The van der Waals surface area contributed by atoms with Gasteiger partial charge in [-0.25, -0.2) is 19.2 Å². The van der Waals surface area contributed by atoms with Crippen LogP contribution in [0.25, 0.3) is 11.0 Å². The summed E-state index contributed by atoms with van der Waals surface area (Å²) in [5.41, 5.74) is 2.21. The molecule has 1 spiro atoms. The Morgan fingerprint density at radius 1 is 0.816 bits per heavy atom. The maximum absolute atomic E-state index is 16.8. The van der Waals surface area contributed by atoms with Crippen LogP contribution in [0.2, 0.25) is 0 Å². The van der Waals surface area contributed by atoms with Gasteiger partial charge in [-0.3, -0.25) is 19.3 Å². The van der Waals surface area contributed by atoms with Crippen molar-refractivity contribution in [2.45, 2.75) is 62.2 Å². The molecular formula is C59H55N7O10. The number of imide groups is 1. The highest BCUT2D eigenvalue weighted by atomic mass is 16.6. The number of ether oxygens (including phenoxy) is 3. The van der Waals surface area contributed by atoms with Crippen LogP contribution in [0.15, 0.2) is 158 Å². The highest BCUT2D eigenvalue weighted by Crippen LogP contribution is 2.66. The van der Waals surface area contributed by atoms with E-state index in [-0.39, 0.29) is 37.6 Å². The van der Waals surface area contributed by atoms with Gasteiger partial charge in [0.15, 0.2) is 0 Å². The first-order valence-electron chi connectivity index (χ1n) is 25.0. The standard InChI is InChI=1S/C59H55N7O10/c1-36(2)49(55(70)74-3)61-58(73)65-45-30-25-37(16-15-31-64-46-24-14-13-23-44(46)62-63-64)34-43(45)59(57(65)72)48(54(69)60-35-47(68)38-17-7-4-8-18-38)51-56(71)76-52(40-21-11-6-12-22-40)50(39-19-9-5-10-20-39)66(51)53(59)41-26-28-42(29-27-41)75-33-32-67/h4-14,17-30,34,36,47-53,67-68H,31-33,35H2,1-3H3,(H,60,69)(H,61,73)/t47-,48-,49-,50-,51-,52+,53+,59-/m0/s1. The molecule has 76 heavy (non-hydrogen) atoms. The fourth-order valence-electron chi connectivity index (χ4n) is 11.1. The van der Waals surface area contributed by atoms with Crippen LogP contribution in [0.3, 0.4) is 0 Å². The Bertz CT molecular complexity index is 3350. The van der Waals surface area contributed by atoms with E-state index in [0.29, 0.717) is 39.1 Å². The average Bonchev–Trinajstić information content (AvgIpc) is 4.26. The Balaban J connectivity index is 1.23. The Labute approximate surface area is 438 Å². The van der Waals surface area contributed by atoms with E-state index in [0.717, 1.165) is 10.4 Å². The number of anilines is 1. The van der Waals surface area contributed by atoms with Crippen molar-refractivity contribution >= 4 is 46.5 Å². The van der Waals surface area contributed by atoms with E-state index in [1.54, 1.807) is 91.3 Å². The lowest BCUT2D eigenvalue weighted by Crippen LogP contribution is -2.58. The van der Waals surface area contributed by atoms with Gasteiger partial charge in [0.1, 0.15) is 48.0 Å². The number of carbonyl (C=O) groups is 5. The van der Waals surface area contributed by atoms with E-state index in [1.165, 1.54) is 7.11 Å². The van der Waals surface area contributed by atoms with Crippen LogP contribution in [0.1, 0.15) is 71.5 Å². The third kappa shape index (κ3) is 9.20. The smallest absolute Gasteiger partial charge is 0.329 e. The van der Waals surface area contributed by atoms with Crippen molar-refractivity contribution < 1.29 is 48.4 Å². The molecule has 0 saturated carbocycles. The Morgan fingerprint density at radius 2 is 1.49 bits per heavy atom. The summed E-state index contributed by atoms with van der Waals surface area (Å²) in [4.78, 5) is 79.5. The van der Waals surface area contributed by atoms with E-state index in [9.17, 15) is 15.0 Å². The molecule has 0 radical (unpaired) electrons. The van der Waals surface area contributed by atoms with Crippen molar-refractivity contribution in [3.8, 4) is 17.6 Å². The van der Waals surface area contributed by atoms with Gasteiger partial charge in [-0.2, -0.15) is 0 Å². The molecule has 17 nitrogen and oxygen atoms in total. The Morgan fingerprint density at radius 3 is 2.17 bits per heavy atom. The maximum atomic E-state index is 16.8. The minimum Gasteiger partial charge on any atom is -0.491 e. The second-order valence-corrected chi connectivity index (χ2v) is 19.2. The van der Waals surface area contributed by atoms with Crippen molar-refractivity contribution in [1.82, 2.24) is 30.5 Å². The molecule has 2 saturated heterocycles. The number of nitrogens with zero attached hydrogens (tertiary/aromatic N) is 5. The van der Waals surface area contributed by atoms with E-state index in [4.69, 9.17) is 14.2 Å². The fourth-order valence-corrected chi connectivity index (χ4v) is 11.1. The summed E-state index contributed by atoms with van der Waals surface area (Å²) in [5, 5.41) is 35.5. The van der Waals surface area contributed by atoms with Crippen LogP contribution in [0.4, 0.5) is 10.5 Å². The maximum Gasteiger partial charge on any atom is 0.329 e. The van der Waals surface area contributed by atoms with Crippen LogP contribution in [-0.2, 0) is 40.6 Å². The van der Waals surface area contributed by atoms with E-state index in [2.05, 4.69) is 32.8 Å². The number of para-hydroxylation sites is 1. The molecule has 17 heteroatoms. The van der Waals surface area contributed by atoms with Crippen molar-refractivity contribution in [3.63, 3.8) is 0 Å². The predicted molar refractivity (Wildman–Crippen MR) is 279 cm³/mol. The van der Waals surface area contributed by atoms with Gasteiger partial charge in [-0.1, -0.05) is 146 Å². The number of hydrogen-bond acceptors (Lipinski definition) is 13. The summed E-state index contributed by atoms with van der Waals surface area (Å²) in [6, 6.07) is 40.6. The number of aromatic nitrogens is 3. The number of esters is 2. The summed E-state index contributed by atoms with van der Waals surface area (Å²) < 4.78 is 19.2. The average molecular weight is 1020 g/mol. The van der Waals surface area contributed by atoms with Crippen molar-refractivity contribution in [2.75, 3.05) is 31.8 Å². The lowest BCUT2D eigenvalue weighted by molar-refractivity contribution is -0.178. The van der Waals surface area contributed by atoms with Crippen LogP contribution in [0.5, 0.6) is 5.75 Å². The van der Waals surface area contributed by atoms with E-state index < -0.39 is 83.4 Å². The van der Waals surface area contributed by atoms with Gasteiger partial charge < -0.3 is 35.1 Å². The highest BCUT2D eigenvalue weighted by Gasteiger charge is 2.75. The zero-order valence-corrected chi connectivity index (χ0v) is 41.9. The molecular weight excluding hydrogens is 967 g/mol. The number of urea groups is 1. The van der Waals surface area contributed by atoms with E-state index >= 15 is 19.2 Å². The van der Waals surface area contributed by atoms with Gasteiger partial charge in [0.05, 0.1) is 49.0 Å². The lowest BCUT2D eigenvalue weighted by Gasteiger charge is -2.46. The monoisotopic (exact) mass is 1020 g/mol. The first-order valence-corrected chi connectivity index (χ1v) is 25.0. The molecule has 4 amide bonds. The Hall–Kier alpha value is -8.69. The van der Waals surface area contributed by atoms with Crippen LogP contribution < -0.4 is 20.3 Å². The van der Waals surface area contributed by atoms with Gasteiger partial charge in [0.2, 0.25) is 11.8 Å². The zero-order valence-electron chi connectivity index (χ0n) is 41.9. The molecule has 0 bridgehead atoms. The van der Waals surface area contributed by atoms with Gasteiger partial charge in [0, 0.05) is 12.1 Å². The molecule has 3 aliphatic rings. The first kappa shape index (κ1) is 50.8. The lowest BCUT2D eigenvalue weighted by atomic mass is 9.65. The van der Waals surface area contributed by atoms with Crippen molar-refractivity contribution in [1.29, 1.82) is 0 Å². The second kappa shape index (κ2) is 21.6. The number of aliphatic hydroxyl groups excluding tert-OH is 2. The molecule has 386 valence electrons. The molecule has 4 N–H and O–H groups in total. The molecule has 4 heterocycles. The van der Waals surface area contributed by atoms with Crippen molar-refractivity contribution in [3.05, 3.63) is 191 Å². The predicted octanol–water partition coefficient (Wildman–Crippen LogP) is 6.28. The number of aliphatic hydroxyl groups is 2. The molecule has 2 fully saturated rings. The van der Waals surface area contributed by atoms with Crippen LogP contribution >= 0.6 is 0 Å². The number of nitrogens with one attached hydrogen (secondary N) is 2. The minimum absolute atomic E-state index is 0.00547. The molecule has 6 aromatic carbocycles. The number of amides is 4. The summed E-state index contributed by atoms with van der Waals surface area (Å²) in [7, 11) is 1.20. The number of morpholine rings is 1. The van der Waals surface area contributed by atoms with Gasteiger partial charge in [-0.05, 0) is 76.2 Å². The quantitative estimate of drug-likeness (QED) is 0.0699. The molecule has 1 aromatic heterocycles. The SMILES string of the molecule is COC(=O)[C@@H](NC(=O)N1C(=O)[C@@]2(c3cc(C#CCn4nnc5ccccc54)ccc31)[C@H](C(=O)NC[C@H](O)c1ccccc1)[C@H]1C(=O)O[C@H](c3ccccc3)[C@H](c3ccccc3)N1[C@@H]2c1ccc(OCCO)cc1)C(C)C. The van der Waals surface area contributed by atoms with Crippen molar-refractivity contribution in [2.24, 2.45) is 11.8 Å². The second-order valence-electron chi connectivity index (χ2n) is 19.2. The van der Waals surface area contributed by atoms with Gasteiger partial charge >= 0.3 is 18.0 Å². The minimum atomic E-state index is -2.19. The number of fused-ring (bicyclic) bond motifs is 4. The number of rotatable bonds is 14.